The van der Waals surface area contributed by atoms with Crippen molar-refractivity contribution in [2.75, 3.05) is 20.1 Å². The van der Waals surface area contributed by atoms with Gasteiger partial charge in [-0.15, -0.1) is 12.4 Å². The first-order chi connectivity index (χ1) is 12.3. The molecular formula is C18H25ClF3N3O2. The van der Waals surface area contributed by atoms with Crippen molar-refractivity contribution in [2.45, 2.75) is 32.0 Å². The molecule has 0 saturated heterocycles. The summed E-state index contributed by atoms with van der Waals surface area (Å²) in [4.78, 5) is 26.0. The van der Waals surface area contributed by atoms with Crippen molar-refractivity contribution in [3.8, 4) is 0 Å². The maximum atomic E-state index is 12.9. The number of amides is 2. The van der Waals surface area contributed by atoms with Crippen molar-refractivity contribution >= 4 is 24.2 Å². The number of nitrogens with two attached hydrogens (primary N) is 1. The number of rotatable bonds is 6. The molecule has 2 rings (SSSR count). The highest BCUT2D eigenvalue weighted by Gasteiger charge is 2.35. The molecule has 9 heteroatoms. The van der Waals surface area contributed by atoms with E-state index < -0.39 is 11.7 Å². The lowest BCUT2D eigenvalue weighted by Gasteiger charge is -2.28. The van der Waals surface area contributed by atoms with Crippen LogP contribution in [0.3, 0.4) is 0 Å². The minimum atomic E-state index is -4.46. The van der Waals surface area contributed by atoms with E-state index in [4.69, 9.17) is 5.73 Å². The van der Waals surface area contributed by atoms with Gasteiger partial charge in [0.2, 0.25) is 11.8 Å². The largest absolute Gasteiger partial charge is 0.416 e. The standard InChI is InChI=1S/C18H24F3N3O2.ClH/c1-23-16(25)11-24(17(26)15-7-3-5-13(15)9-22)10-12-4-2-6-14(8-12)18(19,20)21;/h2,4,6,8,13,15H,3,5,7,9-11,22H2,1H3,(H,23,25);1H/t13-,15-;/m1./s1. The van der Waals surface area contributed by atoms with E-state index in [-0.39, 0.29) is 49.1 Å². The predicted molar refractivity (Wildman–Crippen MR) is 98.1 cm³/mol. The summed E-state index contributed by atoms with van der Waals surface area (Å²) >= 11 is 0. The molecule has 152 valence electrons. The molecule has 1 fully saturated rings. The smallest absolute Gasteiger partial charge is 0.358 e. The lowest BCUT2D eigenvalue weighted by Crippen LogP contribution is -2.43. The zero-order valence-electron chi connectivity index (χ0n) is 15.1. The minimum Gasteiger partial charge on any atom is -0.358 e. The van der Waals surface area contributed by atoms with Crippen molar-refractivity contribution < 1.29 is 22.8 Å². The van der Waals surface area contributed by atoms with Gasteiger partial charge in [0.05, 0.1) is 12.1 Å². The molecule has 0 radical (unpaired) electrons. The second kappa shape index (κ2) is 9.94. The molecule has 0 unspecified atom stereocenters. The van der Waals surface area contributed by atoms with Gasteiger partial charge in [-0.05, 0) is 43.0 Å². The quantitative estimate of drug-likeness (QED) is 0.761. The minimum absolute atomic E-state index is 0. The zero-order valence-corrected chi connectivity index (χ0v) is 15.9. The van der Waals surface area contributed by atoms with Gasteiger partial charge in [-0.25, -0.2) is 0 Å². The van der Waals surface area contributed by atoms with Gasteiger partial charge in [0.15, 0.2) is 0 Å². The third-order valence-electron chi connectivity index (χ3n) is 4.83. The monoisotopic (exact) mass is 407 g/mol. The van der Waals surface area contributed by atoms with Gasteiger partial charge in [-0.3, -0.25) is 9.59 Å². The van der Waals surface area contributed by atoms with Gasteiger partial charge in [0, 0.05) is 19.5 Å². The van der Waals surface area contributed by atoms with E-state index >= 15 is 0 Å². The van der Waals surface area contributed by atoms with Gasteiger partial charge >= 0.3 is 6.18 Å². The Kier molecular flexibility index (Phi) is 8.56. The third kappa shape index (κ3) is 6.10. The van der Waals surface area contributed by atoms with Crippen molar-refractivity contribution in [3.05, 3.63) is 35.4 Å². The van der Waals surface area contributed by atoms with Gasteiger partial charge in [-0.2, -0.15) is 13.2 Å². The third-order valence-corrected chi connectivity index (χ3v) is 4.83. The van der Waals surface area contributed by atoms with Crippen LogP contribution in [0.15, 0.2) is 24.3 Å². The van der Waals surface area contributed by atoms with E-state index in [2.05, 4.69) is 5.32 Å². The molecule has 1 aliphatic carbocycles. The van der Waals surface area contributed by atoms with E-state index in [1.165, 1.54) is 24.1 Å². The highest BCUT2D eigenvalue weighted by molar-refractivity contribution is 5.86. The fourth-order valence-electron chi connectivity index (χ4n) is 3.41. The van der Waals surface area contributed by atoms with Crippen LogP contribution in [0.2, 0.25) is 0 Å². The van der Waals surface area contributed by atoms with Crippen LogP contribution in [0.5, 0.6) is 0 Å². The Morgan fingerprint density at radius 2 is 2.00 bits per heavy atom. The summed E-state index contributed by atoms with van der Waals surface area (Å²) in [6, 6.07) is 4.82. The number of hydrogen-bond acceptors (Lipinski definition) is 3. The molecule has 27 heavy (non-hydrogen) atoms. The Labute approximate surface area is 162 Å². The molecule has 2 amide bonds. The number of nitrogens with one attached hydrogen (secondary N) is 1. The highest BCUT2D eigenvalue weighted by Crippen LogP contribution is 2.33. The molecule has 0 spiro atoms. The van der Waals surface area contributed by atoms with Gasteiger partial charge in [-0.1, -0.05) is 18.6 Å². The molecule has 0 aliphatic heterocycles. The fraction of sp³-hybridized carbons (Fsp3) is 0.556. The van der Waals surface area contributed by atoms with E-state index in [0.29, 0.717) is 18.5 Å². The predicted octanol–water partition coefficient (Wildman–Crippen LogP) is 2.58. The van der Waals surface area contributed by atoms with Crippen LogP contribution in [0.1, 0.15) is 30.4 Å². The van der Waals surface area contributed by atoms with Crippen molar-refractivity contribution in [2.24, 2.45) is 17.6 Å². The van der Waals surface area contributed by atoms with Gasteiger partial charge in [0.1, 0.15) is 0 Å². The molecular weight excluding hydrogens is 383 g/mol. The number of nitrogens with zero attached hydrogens (tertiary/aromatic N) is 1. The maximum absolute atomic E-state index is 12.9. The molecule has 1 aromatic rings. The number of halogens is 4. The summed E-state index contributed by atoms with van der Waals surface area (Å²) in [5, 5.41) is 2.45. The lowest BCUT2D eigenvalue weighted by atomic mass is 9.94. The number of alkyl halides is 3. The molecule has 1 aromatic carbocycles. The van der Waals surface area contributed by atoms with Crippen LogP contribution in [-0.4, -0.2) is 36.9 Å². The normalized spacial score (nSPS) is 19.3. The molecule has 5 nitrogen and oxygen atoms in total. The van der Waals surface area contributed by atoms with E-state index in [9.17, 15) is 22.8 Å². The van der Waals surface area contributed by atoms with Crippen molar-refractivity contribution in [1.82, 2.24) is 10.2 Å². The maximum Gasteiger partial charge on any atom is 0.416 e. The Bertz CT molecular complexity index is 655. The first-order valence-electron chi connectivity index (χ1n) is 8.61. The molecule has 0 heterocycles. The average molecular weight is 408 g/mol. The fourth-order valence-corrected chi connectivity index (χ4v) is 3.41. The van der Waals surface area contributed by atoms with Crippen LogP contribution in [0, 0.1) is 11.8 Å². The van der Waals surface area contributed by atoms with E-state index in [1.807, 2.05) is 0 Å². The van der Waals surface area contributed by atoms with Gasteiger partial charge in [0.25, 0.3) is 0 Å². The first kappa shape index (κ1) is 23.2. The Hall–Kier alpha value is -1.80. The summed E-state index contributed by atoms with van der Waals surface area (Å²) in [7, 11) is 1.45. The Balaban J connectivity index is 0.00000364. The lowest BCUT2D eigenvalue weighted by molar-refractivity contribution is -0.141. The molecule has 0 bridgehead atoms. The topological polar surface area (TPSA) is 75.4 Å². The van der Waals surface area contributed by atoms with Crippen LogP contribution in [0.4, 0.5) is 13.2 Å². The summed E-state index contributed by atoms with van der Waals surface area (Å²) in [5.74, 6) is -0.821. The van der Waals surface area contributed by atoms with Crippen LogP contribution < -0.4 is 11.1 Å². The average Bonchev–Trinajstić information content (AvgIpc) is 3.08. The van der Waals surface area contributed by atoms with Crippen LogP contribution in [0.25, 0.3) is 0 Å². The van der Waals surface area contributed by atoms with E-state index in [1.54, 1.807) is 0 Å². The molecule has 1 aliphatic rings. The van der Waals surface area contributed by atoms with E-state index in [0.717, 1.165) is 25.0 Å². The summed E-state index contributed by atoms with van der Waals surface area (Å²) in [5.41, 5.74) is 5.29. The first-order valence-corrected chi connectivity index (χ1v) is 8.61. The number of benzene rings is 1. The molecule has 3 N–H and O–H groups in total. The second-order valence-corrected chi connectivity index (χ2v) is 6.60. The van der Waals surface area contributed by atoms with Crippen LogP contribution >= 0.6 is 12.4 Å². The van der Waals surface area contributed by atoms with Crippen molar-refractivity contribution in [1.29, 1.82) is 0 Å². The Morgan fingerprint density at radius 3 is 2.59 bits per heavy atom. The summed E-state index contributed by atoms with van der Waals surface area (Å²) < 4.78 is 38.7. The van der Waals surface area contributed by atoms with Crippen molar-refractivity contribution in [3.63, 3.8) is 0 Å². The van der Waals surface area contributed by atoms with Gasteiger partial charge < -0.3 is 16.0 Å². The highest BCUT2D eigenvalue weighted by atomic mass is 35.5. The molecule has 0 aromatic heterocycles. The number of likely N-dealkylation sites (N-methyl/N-ethyl adjacent to an activating group) is 1. The molecule has 1 saturated carbocycles. The van der Waals surface area contributed by atoms with Crippen LogP contribution in [-0.2, 0) is 22.3 Å². The zero-order chi connectivity index (χ0) is 19.3. The number of carbonyl (C=O) groups excluding carboxylic acids is 2. The molecule has 2 atom stereocenters. The summed E-state index contributed by atoms with van der Waals surface area (Å²) in [6.07, 6.45) is -2.03. The number of carbonyl (C=O) groups is 2. The SMILES string of the molecule is CNC(=O)CN(Cc1cccc(C(F)(F)F)c1)C(=O)[C@@H]1CCC[C@@H]1CN.Cl. The summed E-state index contributed by atoms with van der Waals surface area (Å²) in [6.45, 7) is 0.136. The second-order valence-electron chi connectivity index (χ2n) is 6.60. The number of hydrogen-bond donors (Lipinski definition) is 2. The Morgan fingerprint density at radius 1 is 1.30 bits per heavy atom.